The van der Waals surface area contributed by atoms with Gasteiger partial charge in [-0.3, -0.25) is 0 Å². The zero-order valence-corrected chi connectivity index (χ0v) is 20.5. The van der Waals surface area contributed by atoms with Gasteiger partial charge in [-0.25, -0.2) is 0 Å². The Morgan fingerprint density at radius 2 is 1.63 bits per heavy atom. The number of aromatic nitrogens is 1. The van der Waals surface area contributed by atoms with Gasteiger partial charge in [-0.1, -0.05) is 12.1 Å². The van der Waals surface area contributed by atoms with Gasteiger partial charge in [-0.2, -0.15) is 5.26 Å². The van der Waals surface area contributed by atoms with Gasteiger partial charge >= 0.3 is 0 Å². The van der Waals surface area contributed by atoms with Crippen LogP contribution in [-0.2, 0) is 9.47 Å². The number of nitrogens with one attached hydrogen (secondary N) is 1. The number of nitriles is 1. The molecule has 3 aliphatic heterocycles. The lowest BCUT2D eigenvalue weighted by molar-refractivity contribution is -0.0889. The molecule has 3 fully saturated rings. The topological polar surface area (TPSA) is 64.5 Å². The number of hydrogen-bond acceptors (Lipinski definition) is 5. The first-order chi connectivity index (χ1) is 17.2. The number of aromatic amines is 1. The van der Waals surface area contributed by atoms with Crippen LogP contribution < -0.4 is 9.80 Å². The SMILES string of the molecule is Cc1ccc([C@@H]2CCCN(c3ccc(N4CCC(C5OCCO5)CC4)cc3)C2)c2[nH]cc(C#N)c12. The number of nitrogens with zero attached hydrogens (tertiary/aromatic N) is 3. The Bertz CT molecular complexity index is 1210. The molecular formula is C29H34N4O2. The Labute approximate surface area is 207 Å². The highest BCUT2D eigenvalue weighted by molar-refractivity contribution is 5.91. The number of anilines is 2. The predicted molar refractivity (Wildman–Crippen MR) is 139 cm³/mol. The number of H-pyrrole nitrogens is 1. The van der Waals surface area contributed by atoms with Crippen molar-refractivity contribution in [2.45, 2.75) is 44.8 Å². The summed E-state index contributed by atoms with van der Waals surface area (Å²) >= 11 is 0. The fraction of sp³-hybridized carbons (Fsp3) is 0.483. The van der Waals surface area contributed by atoms with Crippen LogP contribution in [0.2, 0.25) is 0 Å². The third-order valence-corrected chi connectivity index (χ3v) is 8.21. The Hall–Kier alpha value is -3.01. The van der Waals surface area contributed by atoms with Crippen molar-refractivity contribution < 1.29 is 9.47 Å². The van der Waals surface area contributed by atoms with Gasteiger partial charge in [-0.05, 0) is 68.0 Å². The molecule has 6 nitrogen and oxygen atoms in total. The molecular weight excluding hydrogens is 436 g/mol. The van der Waals surface area contributed by atoms with Crippen LogP contribution in [0.1, 0.15) is 48.3 Å². The molecule has 0 unspecified atom stereocenters. The van der Waals surface area contributed by atoms with E-state index >= 15 is 0 Å². The standard InChI is InChI=1S/C29H34N4O2/c1-20-4-9-26(28-27(20)23(17-30)18-31-28)22-3-2-12-33(19-22)25-7-5-24(6-8-25)32-13-10-21(11-14-32)29-34-15-16-35-29/h4-9,18,21-22,29,31H,2-3,10-16,19H2,1H3/t22-/m1/s1. The van der Waals surface area contributed by atoms with Crippen LogP contribution in [0.3, 0.4) is 0 Å². The Morgan fingerprint density at radius 3 is 2.34 bits per heavy atom. The quantitative estimate of drug-likeness (QED) is 0.559. The van der Waals surface area contributed by atoms with E-state index in [-0.39, 0.29) is 6.29 Å². The van der Waals surface area contributed by atoms with Gasteiger partial charge in [0, 0.05) is 61.0 Å². The first-order valence-electron chi connectivity index (χ1n) is 13.0. The smallest absolute Gasteiger partial charge is 0.160 e. The van der Waals surface area contributed by atoms with Crippen LogP contribution in [0.25, 0.3) is 10.9 Å². The number of ether oxygens (including phenoxy) is 2. The highest BCUT2D eigenvalue weighted by Crippen LogP contribution is 2.36. The molecule has 3 saturated heterocycles. The summed E-state index contributed by atoms with van der Waals surface area (Å²) in [6.07, 6.45) is 6.47. The van der Waals surface area contributed by atoms with Crippen molar-refractivity contribution >= 4 is 22.3 Å². The Morgan fingerprint density at radius 1 is 0.914 bits per heavy atom. The van der Waals surface area contributed by atoms with Gasteiger partial charge in [-0.15, -0.1) is 0 Å². The summed E-state index contributed by atoms with van der Waals surface area (Å²) in [4.78, 5) is 8.42. The largest absolute Gasteiger partial charge is 0.372 e. The van der Waals surface area contributed by atoms with E-state index < -0.39 is 0 Å². The second-order valence-electron chi connectivity index (χ2n) is 10.3. The van der Waals surface area contributed by atoms with Crippen LogP contribution in [0.5, 0.6) is 0 Å². The second kappa shape index (κ2) is 9.56. The minimum atomic E-state index is 0.0128. The molecule has 3 aromatic rings. The lowest BCUT2D eigenvalue weighted by Gasteiger charge is -2.37. The van der Waals surface area contributed by atoms with E-state index in [1.165, 1.54) is 29.8 Å². The van der Waals surface area contributed by atoms with Gasteiger partial charge in [0.25, 0.3) is 0 Å². The zero-order valence-electron chi connectivity index (χ0n) is 20.5. The molecule has 1 aromatic heterocycles. The number of benzene rings is 2. The molecule has 0 amide bonds. The first kappa shape index (κ1) is 22.5. The highest BCUT2D eigenvalue weighted by atomic mass is 16.7. The van der Waals surface area contributed by atoms with E-state index in [2.05, 4.69) is 64.2 Å². The van der Waals surface area contributed by atoms with Gasteiger partial charge in [0.05, 0.1) is 24.3 Å². The van der Waals surface area contributed by atoms with Gasteiger partial charge in [0.1, 0.15) is 6.07 Å². The maximum Gasteiger partial charge on any atom is 0.160 e. The van der Waals surface area contributed by atoms with Crippen LogP contribution in [0.4, 0.5) is 11.4 Å². The molecule has 6 heteroatoms. The summed E-state index contributed by atoms with van der Waals surface area (Å²) < 4.78 is 11.5. The average Bonchev–Trinajstić information content (AvgIpc) is 3.60. The predicted octanol–water partition coefficient (Wildman–Crippen LogP) is 5.32. The Kier molecular flexibility index (Phi) is 6.13. The molecule has 1 N–H and O–H groups in total. The lowest BCUT2D eigenvalue weighted by atomic mass is 9.88. The molecule has 1 atom stereocenters. The number of piperidine rings is 2. The molecule has 0 spiro atoms. The highest BCUT2D eigenvalue weighted by Gasteiger charge is 2.30. The molecule has 3 aliphatic rings. The van der Waals surface area contributed by atoms with Crippen molar-refractivity contribution in [2.75, 3.05) is 49.2 Å². The van der Waals surface area contributed by atoms with E-state index in [9.17, 15) is 5.26 Å². The van der Waals surface area contributed by atoms with Crippen LogP contribution in [0.15, 0.2) is 42.6 Å². The first-order valence-corrected chi connectivity index (χ1v) is 13.0. The summed E-state index contributed by atoms with van der Waals surface area (Å²) in [5, 5.41) is 10.6. The van der Waals surface area contributed by atoms with Crippen molar-refractivity contribution in [1.29, 1.82) is 5.26 Å². The lowest BCUT2D eigenvalue weighted by Crippen LogP contribution is -2.38. The normalized spacial score (nSPS) is 22.1. The molecule has 4 heterocycles. The zero-order chi connectivity index (χ0) is 23.8. The van der Waals surface area contributed by atoms with E-state index in [0.29, 0.717) is 11.8 Å². The second-order valence-corrected chi connectivity index (χ2v) is 10.3. The molecule has 0 radical (unpaired) electrons. The van der Waals surface area contributed by atoms with E-state index in [1.54, 1.807) is 0 Å². The Balaban J connectivity index is 1.14. The maximum absolute atomic E-state index is 9.53. The van der Waals surface area contributed by atoms with Crippen molar-refractivity contribution in [1.82, 2.24) is 4.98 Å². The molecule has 0 saturated carbocycles. The summed E-state index contributed by atoms with van der Waals surface area (Å²) in [6.45, 7) is 7.78. The number of rotatable bonds is 4. The monoisotopic (exact) mass is 470 g/mol. The minimum absolute atomic E-state index is 0.0128. The van der Waals surface area contributed by atoms with E-state index in [4.69, 9.17) is 9.47 Å². The third-order valence-electron chi connectivity index (χ3n) is 8.21. The van der Waals surface area contributed by atoms with Crippen LogP contribution >= 0.6 is 0 Å². The van der Waals surface area contributed by atoms with Gasteiger partial charge in [0.2, 0.25) is 0 Å². The van der Waals surface area contributed by atoms with Crippen molar-refractivity contribution in [3.05, 3.63) is 59.3 Å². The molecule has 2 aromatic carbocycles. The molecule has 0 bridgehead atoms. The number of aryl methyl sites for hydroxylation is 1. The molecule has 182 valence electrons. The minimum Gasteiger partial charge on any atom is -0.372 e. The van der Waals surface area contributed by atoms with Gasteiger partial charge in [0.15, 0.2) is 6.29 Å². The average molecular weight is 471 g/mol. The number of hydrogen-bond donors (Lipinski definition) is 1. The third kappa shape index (κ3) is 4.28. The van der Waals surface area contributed by atoms with E-state index in [0.717, 1.165) is 74.3 Å². The van der Waals surface area contributed by atoms with Crippen LogP contribution in [-0.4, -0.2) is 50.7 Å². The fourth-order valence-corrected chi connectivity index (χ4v) is 6.29. The summed E-state index contributed by atoms with van der Waals surface area (Å²) in [5.74, 6) is 0.978. The van der Waals surface area contributed by atoms with Crippen LogP contribution in [0, 0.1) is 24.2 Å². The maximum atomic E-state index is 9.53. The van der Waals surface area contributed by atoms with Crippen molar-refractivity contribution in [3.8, 4) is 6.07 Å². The van der Waals surface area contributed by atoms with E-state index in [1.807, 2.05) is 6.20 Å². The number of fused-ring (bicyclic) bond motifs is 1. The van der Waals surface area contributed by atoms with Crippen molar-refractivity contribution in [2.24, 2.45) is 5.92 Å². The molecule has 0 aliphatic carbocycles. The molecule has 6 rings (SSSR count). The summed E-state index contributed by atoms with van der Waals surface area (Å²) in [5.41, 5.74) is 7.00. The summed E-state index contributed by atoms with van der Waals surface area (Å²) in [6, 6.07) is 15.9. The van der Waals surface area contributed by atoms with Crippen molar-refractivity contribution in [3.63, 3.8) is 0 Å². The van der Waals surface area contributed by atoms with Gasteiger partial charge < -0.3 is 24.3 Å². The summed E-state index contributed by atoms with van der Waals surface area (Å²) in [7, 11) is 0. The fourth-order valence-electron chi connectivity index (χ4n) is 6.29. The molecule has 35 heavy (non-hydrogen) atoms.